The van der Waals surface area contributed by atoms with Crippen molar-refractivity contribution < 1.29 is 27.4 Å². The maximum absolute atomic E-state index is 12.9. The number of rotatable bonds is 6. The van der Waals surface area contributed by atoms with Crippen molar-refractivity contribution >= 4 is 5.78 Å². The van der Waals surface area contributed by atoms with Crippen molar-refractivity contribution in [2.75, 3.05) is 0 Å². The van der Waals surface area contributed by atoms with Gasteiger partial charge in [0.25, 0.3) is 0 Å². The number of benzene rings is 2. The molecule has 0 unspecified atom stereocenters. The number of halogens is 3. The molecule has 7 heteroatoms. The highest BCUT2D eigenvalue weighted by molar-refractivity contribution is 5.82. The van der Waals surface area contributed by atoms with E-state index in [9.17, 15) is 18.0 Å². The van der Waals surface area contributed by atoms with Crippen LogP contribution in [0.15, 0.2) is 67.0 Å². The second-order valence-corrected chi connectivity index (χ2v) is 7.87. The number of ketones is 1. The third-order valence-electron chi connectivity index (χ3n) is 5.70. The Hall–Kier alpha value is -3.35. The van der Waals surface area contributed by atoms with E-state index in [1.54, 1.807) is 30.6 Å². The summed E-state index contributed by atoms with van der Waals surface area (Å²) in [5.74, 6) is 2.21. The first-order valence-electron chi connectivity index (χ1n) is 9.95. The van der Waals surface area contributed by atoms with Crippen LogP contribution >= 0.6 is 0 Å². The molecule has 4 nitrogen and oxygen atoms in total. The van der Waals surface area contributed by atoms with Crippen molar-refractivity contribution in [1.29, 1.82) is 0 Å². The number of hydrogen-bond acceptors (Lipinski definition) is 4. The summed E-state index contributed by atoms with van der Waals surface area (Å²) >= 11 is 0. The number of nitrogens with zero attached hydrogens (tertiary/aromatic N) is 1. The standard InChI is InChI=1S/C24H18F3NO3/c25-24(26,27)15-3-1-2-14(10-15)11-16(29)12-20-22-19-13-18(4-5-21(19)31-23(20)22)30-17-6-8-28-9-7-17/h1-10,13,20,22-23H,11-12H2/t20-,22-,23+/m0/s1. The minimum absolute atomic E-state index is 0.0160. The SMILES string of the molecule is O=C(Cc1cccc(C(F)(F)F)c1)C[C@@H]1[C@H]2Oc3ccc(Oc4ccncc4)cc3[C@@H]12. The van der Waals surface area contributed by atoms with Crippen molar-refractivity contribution in [3.8, 4) is 17.2 Å². The molecule has 3 atom stereocenters. The van der Waals surface area contributed by atoms with Crippen LogP contribution in [0.3, 0.4) is 0 Å². The lowest BCUT2D eigenvalue weighted by Crippen LogP contribution is -2.10. The van der Waals surface area contributed by atoms with E-state index in [0.29, 0.717) is 17.1 Å². The Labute approximate surface area is 176 Å². The Bertz CT molecular complexity index is 1130. The molecule has 0 radical (unpaired) electrons. The van der Waals surface area contributed by atoms with Gasteiger partial charge in [-0.05, 0) is 42.0 Å². The molecule has 5 rings (SSSR count). The molecule has 2 aromatic carbocycles. The van der Waals surface area contributed by atoms with Gasteiger partial charge in [-0.2, -0.15) is 13.2 Å². The zero-order chi connectivity index (χ0) is 21.6. The Balaban J connectivity index is 1.23. The fourth-order valence-corrected chi connectivity index (χ4v) is 4.22. The average Bonchev–Trinajstić information content (AvgIpc) is 3.24. The highest BCUT2D eigenvalue weighted by Gasteiger charge is 2.59. The van der Waals surface area contributed by atoms with Crippen LogP contribution in [0.2, 0.25) is 0 Å². The molecule has 2 aliphatic rings. The van der Waals surface area contributed by atoms with Crippen LogP contribution in [0.25, 0.3) is 0 Å². The second kappa shape index (κ2) is 7.41. The molecule has 2 heterocycles. The van der Waals surface area contributed by atoms with E-state index in [1.165, 1.54) is 6.07 Å². The number of alkyl halides is 3. The number of carbonyl (C=O) groups excluding carboxylic acids is 1. The Morgan fingerprint density at radius 1 is 1.03 bits per heavy atom. The first-order valence-corrected chi connectivity index (χ1v) is 9.95. The van der Waals surface area contributed by atoms with Gasteiger partial charge in [-0.1, -0.05) is 18.2 Å². The van der Waals surface area contributed by atoms with E-state index >= 15 is 0 Å². The predicted molar refractivity (Wildman–Crippen MR) is 106 cm³/mol. The van der Waals surface area contributed by atoms with Crippen LogP contribution in [0, 0.1) is 5.92 Å². The maximum atomic E-state index is 12.9. The maximum Gasteiger partial charge on any atom is 0.416 e. The molecule has 0 amide bonds. The molecular formula is C24H18F3NO3. The van der Waals surface area contributed by atoms with Crippen molar-refractivity contribution in [2.24, 2.45) is 5.92 Å². The monoisotopic (exact) mass is 425 g/mol. The average molecular weight is 425 g/mol. The summed E-state index contributed by atoms with van der Waals surface area (Å²) in [6.45, 7) is 0. The largest absolute Gasteiger partial charge is 0.489 e. The van der Waals surface area contributed by atoms with Crippen LogP contribution in [-0.2, 0) is 17.4 Å². The smallest absolute Gasteiger partial charge is 0.416 e. The van der Waals surface area contributed by atoms with Crippen LogP contribution in [0.5, 0.6) is 17.2 Å². The highest BCUT2D eigenvalue weighted by atomic mass is 19.4. The summed E-state index contributed by atoms with van der Waals surface area (Å²) in [6, 6.07) is 14.1. The van der Waals surface area contributed by atoms with Gasteiger partial charge in [0.1, 0.15) is 29.1 Å². The quantitative estimate of drug-likeness (QED) is 0.518. The van der Waals surface area contributed by atoms with E-state index < -0.39 is 11.7 Å². The summed E-state index contributed by atoms with van der Waals surface area (Å²) < 4.78 is 50.4. The zero-order valence-electron chi connectivity index (χ0n) is 16.3. The molecule has 1 aliphatic carbocycles. The van der Waals surface area contributed by atoms with Gasteiger partial charge >= 0.3 is 6.18 Å². The number of fused-ring (bicyclic) bond motifs is 3. The summed E-state index contributed by atoms with van der Waals surface area (Å²) in [5.41, 5.74) is 0.647. The lowest BCUT2D eigenvalue weighted by atomic mass is 10.0. The van der Waals surface area contributed by atoms with Gasteiger partial charge in [0.2, 0.25) is 0 Å². The van der Waals surface area contributed by atoms with Crippen molar-refractivity contribution in [3.63, 3.8) is 0 Å². The molecule has 1 fully saturated rings. The Morgan fingerprint density at radius 2 is 1.84 bits per heavy atom. The van der Waals surface area contributed by atoms with Gasteiger partial charge in [0.15, 0.2) is 0 Å². The molecule has 0 N–H and O–H groups in total. The lowest BCUT2D eigenvalue weighted by Gasteiger charge is -2.11. The van der Waals surface area contributed by atoms with Crippen molar-refractivity contribution in [2.45, 2.75) is 31.0 Å². The molecule has 158 valence electrons. The number of aromatic nitrogens is 1. The minimum Gasteiger partial charge on any atom is -0.489 e. The van der Waals surface area contributed by atoms with Gasteiger partial charge in [0.05, 0.1) is 5.56 Å². The summed E-state index contributed by atoms with van der Waals surface area (Å²) in [5, 5.41) is 0. The van der Waals surface area contributed by atoms with E-state index in [0.717, 1.165) is 23.4 Å². The predicted octanol–water partition coefficient (Wildman–Crippen LogP) is 5.57. The third-order valence-corrected chi connectivity index (χ3v) is 5.70. The zero-order valence-corrected chi connectivity index (χ0v) is 16.3. The Kier molecular flexibility index (Phi) is 4.68. The summed E-state index contributed by atoms with van der Waals surface area (Å²) in [7, 11) is 0. The molecular weight excluding hydrogens is 407 g/mol. The van der Waals surface area contributed by atoms with Crippen LogP contribution < -0.4 is 9.47 Å². The fraction of sp³-hybridized carbons (Fsp3) is 0.250. The van der Waals surface area contributed by atoms with E-state index in [1.807, 2.05) is 18.2 Å². The molecule has 3 aromatic rings. The van der Waals surface area contributed by atoms with E-state index in [-0.39, 0.29) is 36.6 Å². The van der Waals surface area contributed by atoms with Crippen LogP contribution in [0.1, 0.15) is 29.0 Å². The number of hydrogen-bond donors (Lipinski definition) is 0. The molecule has 31 heavy (non-hydrogen) atoms. The van der Waals surface area contributed by atoms with Crippen molar-refractivity contribution in [1.82, 2.24) is 4.98 Å². The molecule has 0 spiro atoms. The van der Waals surface area contributed by atoms with Gasteiger partial charge in [-0.3, -0.25) is 9.78 Å². The molecule has 1 saturated carbocycles. The minimum atomic E-state index is -4.42. The summed E-state index contributed by atoms with van der Waals surface area (Å²) in [4.78, 5) is 16.5. The third kappa shape index (κ3) is 4.00. The van der Waals surface area contributed by atoms with Gasteiger partial charge in [-0.25, -0.2) is 0 Å². The van der Waals surface area contributed by atoms with Gasteiger partial charge in [-0.15, -0.1) is 0 Å². The number of ether oxygens (including phenoxy) is 2. The fourth-order valence-electron chi connectivity index (χ4n) is 4.22. The first-order chi connectivity index (χ1) is 14.9. The van der Waals surface area contributed by atoms with Crippen LogP contribution in [-0.4, -0.2) is 16.9 Å². The Morgan fingerprint density at radius 3 is 2.61 bits per heavy atom. The number of carbonyl (C=O) groups is 1. The normalized spacial score (nSPS) is 21.1. The molecule has 0 bridgehead atoms. The molecule has 0 saturated heterocycles. The van der Waals surface area contributed by atoms with E-state index in [2.05, 4.69) is 4.98 Å². The van der Waals surface area contributed by atoms with Crippen molar-refractivity contribution in [3.05, 3.63) is 83.7 Å². The van der Waals surface area contributed by atoms with Crippen LogP contribution in [0.4, 0.5) is 13.2 Å². The van der Waals surface area contributed by atoms with Gasteiger partial charge in [0, 0.05) is 42.6 Å². The highest BCUT2D eigenvalue weighted by Crippen LogP contribution is 2.60. The summed E-state index contributed by atoms with van der Waals surface area (Å²) in [6.07, 6.45) is -0.918. The molecule has 1 aliphatic heterocycles. The van der Waals surface area contributed by atoms with E-state index in [4.69, 9.17) is 9.47 Å². The topological polar surface area (TPSA) is 48.4 Å². The lowest BCUT2D eigenvalue weighted by molar-refractivity contribution is -0.137. The van der Waals surface area contributed by atoms with Gasteiger partial charge < -0.3 is 9.47 Å². The number of Topliss-reactive ketones (excluding diaryl/α,β-unsaturated/α-hetero) is 1. The first kappa shape index (κ1) is 19.6. The number of pyridine rings is 1. The molecule has 1 aromatic heterocycles. The second-order valence-electron chi connectivity index (χ2n) is 7.87.